The normalized spacial score (nSPS) is 15.9. The smallest absolute Gasteiger partial charge is 0.200 e. The van der Waals surface area contributed by atoms with Gasteiger partial charge in [-0.25, -0.2) is 4.57 Å². The van der Waals surface area contributed by atoms with Gasteiger partial charge in [0.05, 0.1) is 19.0 Å². The SMILES string of the molecule is Cc1c(-c2c3ccc([Si](C)(C)C4CCCC4)cc3cc[n+]2C)cc(C(C)(C)C)cc1C(C)(C)C. The molecule has 182 valence electrons. The second-order valence-electron chi connectivity index (χ2n) is 13.5. The van der Waals surface area contributed by atoms with Crippen molar-refractivity contribution in [3.8, 4) is 11.3 Å². The van der Waals surface area contributed by atoms with Crippen molar-refractivity contribution in [1.82, 2.24) is 0 Å². The molecule has 4 rings (SSSR count). The molecule has 1 aliphatic rings. The Hall–Kier alpha value is -1.93. The fourth-order valence-corrected chi connectivity index (χ4v) is 9.53. The summed E-state index contributed by atoms with van der Waals surface area (Å²) in [5, 5.41) is 4.39. The summed E-state index contributed by atoms with van der Waals surface area (Å²) in [7, 11) is 0.749. The Bertz CT molecular complexity index is 1210. The van der Waals surface area contributed by atoms with Crippen molar-refractivity contribution >= 4 is 24.0 Å². The first-order valence-electron chi connectivity index (χ1n) is 13.3. The molecule has 1 saturated carbocycles. The van der Waals surface area contributed by atoms with Crippen molar-refractivity contribution in [1.29, 1.82) is 0 Å². The van der Waals surface area contributed by atoms with Crippen LogP contribution in [0.1, 0.15) is 83.9 Å². The topological polar surface area (TPSA) is 3.88 Å². The summed E-state index contributed by atoms with van der Waals surface area (Å²) in [6.45, 7) is 21.5. The lowest BCUT2D eigenvalue weighted by Crippen LogP contribution is -2.45. The minimum Gasteiger partial charge on any atom is -0.200 e. The molecule has 2 heteroatoms. The fraction of sp³-hybridized carbons (Fsp3) is 0.531. The lowest BCUT2D eigenvalue weighted by Gasteiger charge is -2.30. The molecule has 0 aliphatic heterocycles. The van der Waals surface area contributed by atoms with Gasteiger partial charge in [0.15, 0.2) is 6.20 Å². The molecule has 0 spiro atoms. The second kappa shape index (κ2) is 8.62. The average molecular weight is 473 g/mol. The number of pyridine rings is 1. The molecule has 0 bridgehead atoms. The zero-order chi connectivity index (χ0) is 25.1. The van der Waals surface area contributed by atoms with E-state index >= 15 is 0 Å². The summed E-state index contributed by atoms with van der Waals surface area (Å²) in [6.07, 6.45) is 7.98. The van der Waals surface area contributed by atoms with E-state index < -0.39 is 8.07 Å². The van der Waals surface area contributed by atoms with Crippen LogP contribution in [0.5, 0.6) is 0 Å². The summed E-state index contributed by atoms with van der Waals surface area (Å²) in [5.74, 6) is 0. The molecule has 1 heterocycles. The van der Waals surface area contributed by atoms with Crippen molar-refractivity contribution in [2.24, 2.45) is 7.05 Å². The molecule has 0 unspecified atom stereocenters. The van der Waals surface area contributed by atoms with Crippen LogP contribution in [0.2, 0.25) is 18.6 Å². The van der Waals surface area contributed by atoms with E-state index in [2.05, 4.69) is 116 Å². The van der Waals surface area contributed by atoms with Crippen LogP contribution in [0, 0.1) is 6.92 Å². The van der Waals surface area contributed by atoms with E-state index in [1.165, 1.54) is 64.4 Å². The van der Waals surface area contributed by atoms with Crippen molar-refractivity contribution in [3.63, 3.8) is 0 Å². The first-order valence-corrected chi connectivity index (χ1v) is 16.4. The number of hydrogen-bond acceptors (Lipinski definition) is 0. The minimum atomic E-state index is -1.46. The molecule has 0 N–H and O–H groups in total. The van der Waals surface area contributed by atoms with Gasteiger partial charge in [-0.15, -0.1) is 0 Å². The molecule has 1 aliphatic carbocycles. The first-order chi connectivity index (χ1) is 15.7. The van der Waals surface area contributed by atoms with Gasteiger partial charge in [0.25, 0.3) is 0 Å². The van der Waals surface area contributed by atoms with Crippen molar-refractivity contribution in [2.75, 3.05) is 0 Å². The van der Waals surface area contributed by atoms with Gasteiger partial charge in [-0.2, -0.15) is 0 Å². The van der Waals surface area contributed by atoms with Crippen LogP contribution in [0.15, 0.2) is 42.6 Å². The van der Waals surface area contributed by atoms with E-state index in [1.807, 2.05) is 0 Å². The number of aromatic nitrogens is 1. The van der Waals surface area contributed by atoms with E-state index in [0.29, 0.717) is 0 Å². The van der Waals surface area contributed by atoms with Gasteiger partial charge in [0.2, 0.25) is 5.69 Å². The standard InChI is InChI=1S/C32H46NSi/c1-22-28(20-24(31(2,3)4)21-29(22)32(5,6)7)30-27-16-15-26(19-23(27)17-18-33(30)8)34(9,10)25-13-11-12-14-25/h15-21,25H,11-14H2,1-10H3/q+1. The van der Waals surface area contributed by atoms with E-state index in [0.717, 1.165) is 5.54 Å². The molecule has 0 atom stereocenters. The summed E-state index contributed by atoms with van der Waals surface area (Å²) in [6, 6.07) is 14.7. The molecule has 0 saturated heterocycles. The maximum atomic E-state index is 2.60. The van der Waals surface area contributed by atoms with Crippen molar-refractivity contribution < 1.29 is 4.57 Å². The number of nitrogens with zero attached hydrogens (tertiary/aromatic N) is 1. The Labute approximate surface area is 209 Å². The van der Waals surface area contributed by atoms with Gasteiger partial charge in [-0.1, -0.05) is 104 Å². The summed E-state index contributed by atoms with van der Waals surface area (Å²) in [4.78, 5) is 0. The van der Waals surface area contributed by atoms with Crippen LogP contribution < -0.4 is 9.75 Å². The third kappa shape index (κ3) is 4.51. The Balaban J connectivity index is 1.95. The molecule has 0 amide bonds. The maximum absolute atomic E-state index is 2.60. The van der Waals surface area contributed by atoms with Gasteiger partial charge in [0.1, 0.15) is 7.05 Å². The van der Waals surface area contributed by atoms with Crippen LogP contribution in [0.25, 0.3) is 22.0 Å². The summed E-state index contributed by atoms with van der Waals surface area (Å²) >= 11 is 0. The van der Waals surface area contributed by atoms with E-state index in [-0.39, 0.29) is 10.8 Å². The zero-order valence-electron chi connectivity index (χ0n) is 23.4. The minimum absolute atomic E-state index is 0.104. The van der Waals surface area contributed by atoms with Crippen molar-refractivity contribution in [2.45, 2.75) is 104 Å². The molecule has 1 aromatic heterocycles. The molecular weight excluding hydrogens is 426 g/mol. The van der Waals surface area contributed by atoms with Gasteiger partial charge in [-0.05, 0) is 57.5 Å². The zero-order valence-corrected chi connectivity index (χ0v) is 24.4. The number of fused-ring (bicyclic) bond motifs is 1. The molecule has 1 nitrogen and oxygen atoms in total. The number of aryl methyl sites for hydroxylation is 1. The van der Waals surface area contributed by atoms with E-state index in [4.69, 9.17) is 0 Å². The predicted molar refractivity (Wildman–Crippen MR) is 152 cm³/mol. The second-order valence-corrected chi connectivity index (χ2v) is 18.3. The average Bonchev–Trinajstić information content (AvgIpc) is 3.28. The predicted octanol–water partition coefficient (Wildman–Crippen LogP) is 8.09. The third-order valence-corrected chi connectivity index (χ3v) is 13.0. The first kappa shape index (κ1) is 25.2. The highest BCUT2D eigenvalue weighted by Crippen LogP contribution is 2.40. The number of benzene rings is 2. The molecule has 2 aromatic carbocycles. The van der Waals surface area contributed by atoms with Gasteiger partial charge in [0, 0.05) is 6.07 Å². The van der Waals surface area contributed by atoms with E-state index in [1.54, 1.807) is 5.19 Å². The highest BCUT2D eigenvalue weighted by molar-refractivity contribution is 6.91. The highest BCUT2D eigenvalue weighted by atomic mass is 28.3. The largest absolute Gasteiger partial charge is 0.220 e. The molecular formula is C32H46NSi+. The van der Waals surface area contributed by atoms with Gasteiger partial charge >= 0.3 is 0 Å². The van der Waals surface area contributed by atoms with Crippen molar-refractivity contribution in [3.05, 3.63) is 59.3 Å². The number of rotatable bonds is 3. The van der Waals surface area contributed by atoms with E-state index in [9.17, 15) is 0 Å². The number of hydrogen-bond donors (Lipinski definition) is 0. The lowest BCUT2D eigenvalue weighted by molar-refractivity contribution is -0.659. The quantitative estimate of drug-likeness (QED) is 0.268. The Morgan fingerprint density at radius 3 is 2.09 bits per heavy atom. The maximum Gasteiger partial charge on any atom is 0.220 e. The fourth-order valence-electron chi connectivity index (χ4n) is 6.16. The Morgan fingerprint density at radius 2 is 1.50 bits per heavy atom. The monoisotopic (exact) mass is 472 g/mol. The van der Waals surface area contributed by atoms with Crippen LogP contribution in [-0.4, -0.2) is 8.07 Å². The van der Waals surface area contributed by atoms with Crippen LogP contribution in [0.3, 0.4) is 0 Å². The Kier molecular flexibility index (Phi) is 6.38. The Morgan fingerprint density at radius 1 is 0.853 bits per heavy atom. The van der Waals surface area contributed by atoms with Crippen LogP contribution >= 0.6 is 0 Å². The summed E-state index contributed by atoms with van der Waals surface area (Å²) < 4.78 is 2.34. The van der Waals surface area contributed by atoms with Gasteiger partial charge in [-0.3, -0.25) is 0 Å². The molecule has 3 aromatic rings. The molecule has 0 radical (unpaired) electrons. The molecule has 1 fully saturated rings. The highest BCUT2D eigenvalue weighted by Gasteiger charge is 2.36. The lowest BCUT2D eigenvalue weighted by atomic mass is 9.76. The summed E-state index contributed by atoms with van der Waals surface area (Å²) in [5.41, 5.74) is 8.16. The van der Waals surface area contributed by atoms with Gasteiger partial charge < -0.3 is 0 Å². The third-order valence-electron chi connectivity index (χ3n) is 8.59. The van der Waals surface area contributed by atoms with Crippen LogP contribution in [0.4, 0.5) is 0 Å². The molecule has 34 heavy (non-hydrogen) atoms. The van der Waals surface area contributed by atoms with Crippen LogP contribution in [-0.2, 0) is 17.9 Å².